The third-order valence-electron chi connectivity index (χ3n) is 6.16. The van der Waals surface area contributed by atoms with Crippen molar-refractivity contribution >= 4 is 14.6 Å². The SMILES string of the molecule is CCCCCCCCCCCCCCOc1ccc(CC(COP(O)OCCNC)OC(=O)CC)cc1. The number of carbonyl (C=O) groups is 1. The minimum absolute atomic E-state index is 0.0741. The van der Waals surface area contributed by atoms with Gasteiger partial charge in [0, 0.05) is 19.4 Å². The largest absolute Gasteiger partial charge is 0.494 e. The van der Waals surface area contributed by atoms with E-state index in [1.54, 1.807) is 14.0 Å². The van der Waals surface area contributed by atoms with Crippen LogP contribution in [-0.4, -0.2) is 50.4 Å². The van der Waals surface area contributed by atoms with E-state index < -0.39 is 14.7 Å². The van der Waals surface area contributed by atoms with E-state index in [-0.39, 0.29) is 19.0 Å². The van der Waals surface area contributed by atoms with E-state index in [0.717, 1.165) is 24.3 Å². The summed E-state index contributed by atoms with van der Waals surface area (Å²) in [6.07, 6.45) is 16.3. The van der Waals surface area contributed by atoms with Crippen molar-refractivity contribution in [1.82, 2.24) is 5.32 Å². The maximum absolute atomic E-state index is 11.8. The number of hydrogen-bond donors (Lipinski definition) is 2. The van der Waals surface area contributed by atoms with Gasteiger partial charge in [-0.25, -0.2) is 0 Å². The van der Waals surface area contributed by atoms with Gasteiger partial charge in [-0.3, -0.25) is 4.79 Å². The molecule has 0 saturated heterocycles. The zero-order chi connectivity index (χ0) is 27.0. The second-order valence-corrected chi connectivity index (χ2v) is 10.5. The molecule has 2 N–H and O–H groups in total. The highest BCUT2D eigenvalue weighted by Crippen LogP contribution is 2.33. The molecule has 0 heterocycles. The first-order valence-corrected chi connectivity index (χ1v) is 15.5. The number of esters is 1. The molecule has 0 spiro atoms. The first-order chi connectivity index (χ1) is 18.1. The fraction of sp³-hybridized carbons (Fsp3) is 0.759. The molecule has 8 heteroatoms. The van der Waals surface area contributed by atoms with Crippen molar-refractivity contribution in [3.05, 3.63) is 29.8 Å². The van der Waals surface area contributed by atoms with E-state index >= 15 is 0 Å². The smallest absolute Gasteiger partial charge is 0.330 e. The van der Waals surface area contributed by atoms with Crippen LogP contribution in [0.5, 0.6) is 5.75 Å². The summed E-state index contributed by atoms with van der Waals surface area (Å²) in [4.78, 5) is 21.7. The molecule has 1 rings (SSSR count). The molecule has 37 heavy (non-hydrogen) atoms. The molecule has 0 aliphatic carbocycles. The van der Waals surface area contributed by atoms with Crippen molar-refractivity contribution < 1.29 is 28.2 Å². The van der Waals surface area contributed by atoms with Crippen molar-refractivity contribution in [3.8, 4) is 5.75 Å². The van der Waals surface area contributed by atoms with Crippen LogP contribution in [0, 0.1) is 0 Å². The zero-order valence-corrected chi connectivity index (χ0v) is 24.4. The molecule has 0 bridgehead atoms. The number of likely N-dealkylation sites (N-methyl/N-ethyl adjacent to an activating group) is 1. The first-order valence-electron chi connectivity index (χ1n) is 14.4. The van der Waals surface area contributed by atoms with E-state index in [2.05, 4.69) is 12.2 Å². The average molecular weight is 542 g/mol. The Morgan fingerprint density at radius 1 is 0.865 bits per heavy atom. The van der Waals surface area contributed by atoms with Crippen LogP contribution >= 0.6 is 8.60 Å². The minimum Gasteiger partial charge on any atom is -0.494 e. The molecule has 0 aliphatic heterocycles. The highest BCUT2D eigenvalue weighted by atomic mass is 31.2. The molecular weight excluding hydrogens is 489 g/mol. The molecule has 0 fully saturated rings. The predicted octanol–water partition coefficient (Wildman–Crippen LogP) is 7.10. The van der Waals surface area contributed by atoms with Gasteiger partial charge >= 0.3 is 14.6 Å². The Bertz CT molecular complexity index is 660. The summed E-state index contributed by atoms with van der Waals surface area (Å²) in [6.45, 7) is 5.79. The molecule has 0 aromatic heterocycles. The number of benzene rings is 1. The first kappa shape index (κ1) is 33.8. The normalized spacial score (nSPS) is 12.9. The lowest BCUT2D eigenvalue weighted by atomic mass is 10.1. The molecule has 2 atom stereocenters. The molecule has 0 radical (unpaired) electrons. The van der Waals surface area contributed by atoms with E-state index in [1.807, 2.05) is 24.3 Å². The molecule has 0 aliphatic rings. The van der Waals surface area contributed by atoms with Crippen molar-refractivity contribution in [1.29, 1.82) is 0 Å². The van der Waals surface area contributed by atoms with Crippen LogP contribution in [0.25, 0.3) is 0 Å². The Kier molecular flexibility index (Phi) is 21.8. The summed E-state index contributed by atoms with van der Waals surface area (Å²) in [6, 6.07) is 7.87. The van der Waals surface area contributed by atoms with Gasteiger partial charge in [0.2, 0.25) is 0 Å². The van der Waals surface area contributed by atoms with E-state index in [1.165, 1.54) is 70.6 Å². The number of hydrogen-bond acceptors (Lipinski definition) is 7. The van der Waals surface area contributed by atoms with Gasteiger partial charge in [-0.05, 0) is 31.2 Å². The van der Waals surface area contributed by atoms with Crippen molar-refractivity contribution in [2.75, 3.05) is 33.4 Å². The Morgan fingerprint density at radius 3 is 2.03 bits per heavy atom. The lowest BCUT2D eigenvalue weighted by Gasteiger charge is -2.19. The maximum Gasteiger partial charge on any atom is 0.330 e. The third-order valence-corrected chi connectivity index (χ3v) is 6.94. The van der Waals surface area contributed by atoms with Gasteiger partial charge in [0.1, 0.15) is 11.9 Å². The van der Waals surface area contributed by atoms with Crippen LogP contribution in [0.15, 0.2) is 24.3 Å². The van der Waals surface area contributed by atoms with E-state index in [4.69, 9.17) is 18.5 Å². The number of ether oxygens (including phenoxy) is 2. The quantitative estimate of drug-likeness (QED) is 0.0775. The average Bonchev–Trinajstić information content (AvgIpc) is 2.91. The van der Waals surface area contributed by atoms with Crippen LogP contribution in [0.2, 0.25) is 0 Å². The van der Waals surface area contributed by atoms with Gasteiger partial charge in [0.05, 0.1) is 19.8 Å². The summed E-state index contributed by atoms with van der Waals surface area (Å²) in [5.41, 5.74) is 1.01. The fourth-order valence-corrected chi connectivity index (χ4v) is 4.55. The summed E-state index contributed by atoms with van der Waals surface area (Å²) >= 11 is 0. The standard InChI is InChI=1S/C29H52NO6P/c1-4-6-7-8-9-10-11-12-13-14-15-16-22-33-27-19-17-26(18-20-27)24-28(36-29(31)5-2)25-35-37(32)34-23-21-30-3/h17-20,28,30,32H,4-16,21-25H2,1-3H3. The lowest BCUT2D eigenvalue weighted by molar-refractivity contribution is -0.150. The lowest BCUT2D eigenvalue weighted by Crippen LogP contribution is -2.25. The molecular formula is C29H52NO6P. The van der Waals surface area contributed by atoms with Gasteiger partial charge < -0.3 is 28.7 Å². The Morgan fingerprint density at radius 2 is 1.46 bits per heavy atom. The van der Waals surface area contributed by atoms with Crippen LogP contribution in [0.4, 0.5) is 0 Å². The second-order valence-electron chi connectivity index (χ2n) is 9.52. The molecule has 1 aromatic rings. The summed E-state index contributed by atoms with van der Waals surface area (Å²) in [7, 11) is -0.199. The Hall–Kier alpha value is -1.24. The van der Waals surface area contributed by atoms with Crippen molar-refractivity contribution in [2.24, 2.45) is 0 Å². The number of nitrogens with one attached hydrogen (secondary N) is 1. The molecule has 0 saturated carbocycles. The van der Waals surface area contributed by atoms with Gasteiger partial charge in [-0.1, -0.05) is 96.6 Å². The van der Waals surface area contributed by atoms with Crippen LogP contribution in [0.1, 0.15) is 103 Å². The fourth-order valence-electron chi connectivity index (χ4n) is 3.93. The summed E-state index contributed by atoms with van der Waals surface area (Å²) < 4.78 is 22.0. The van der Waals surface area contributed by atoms with E-state index in [9.17, 15) is 9.69 Å². The molecule has 2 unspecified atom stereocenters. The Balaban J connectivity index is 2.23. The molecule has 7 nitrogen and oxygen atoms in total. The van der Waals surface area contributed by atoms with Gasteiger partial charge in [0.25, 0.3) is 0 Å². The third kappa shape index (κ3) is 19.5. The van der Waals surface area contributed by atoms with Crippen LogP contribution in [-0.2, 0) is 25.0 Å². The highest BCUT2D eigenvalue weighted by molar-refractivity contribution is 7.40. The molecule has 214 valence electrons. The second kappa shape index (κ2) is 23.8. The predicted molar refractivity (Wildman–Crippen MR) is 152 cm³/mol. The number of carbonyl (C=O) groups excluding carboxylic acids is 1. The monoisotopic (exact) mass is 541 g/mol. The van der Waals surface area contributed by atoms with Crippen LogP contribution in [0.3, 0.4) is 0 Å². The minimum atomic E-state index is -2.00. The molecule has 0 amide bonds. The summed E-state index contributed by atoms with van der Waals surface area (Å²) in [5, 5.41) is 2.93. The Labute approximate surface area is 227 Å². The highest BCUT2D eigenvalue weighted by Gasteiger charge is 2.18. The van der Waals surface area contributed by atoms with Gasteiger partial charge in [0.15, 0.2) is 0 Å². The van der Waals surface area contributed by atoms with Gasteiger partial charge in [-0.2, -0.15) is 0 Å². The van der Waals surface area contributed by atoms with Crippen LogP contribution < -0.4 is 10.1 Å². The number of rotatable bonds is 25. The number of unbranched alkanes of at least 4 members (excludes halogenated alkanes) is 11. The van der Waals surface area contributed by atoms with Crippen molar-refractivity contribution in [3.63, 3.8) is 0 Å². The molecule has 1 aromatic carbocycles. The van der Waals surface area contributed by atoms with Gasteiger partial charge in [-0.15, -0.1) is 0 Å². The van der Waals surface area contributed by atoms with E-state index in [0.29, 0.717) is 19.6 Å². The maximum atomic E-state index is 11.8. The summed E-state index contributed by atoms with van der Waals surface area (Å²) in [5.74, 6) is 0.552. The van der Waals surface area contributed by atoms with Crippen molar-refractivity contribution in [2.45, 2.75) is 110 Å². The zero-order valence-electron chi connectivity index (χ0n) is 23.6. The topological polar surface area (TPSA) is 86.2 Å².